The zero-order valence-corrected chi connectivity index (χ0v) is 21.1. The Bertz CT molecular complexity index is 894. The van der Waals surface area contributed by atoms with E-state index in [1.165, 1.54) is 5.56 Å². The molecule has 1 N–H and O–H groups in total. The lowest BCUT2D eigenvalue weighted by molar-refractivity contribution is -0.0704. The third-order valence-corrected chi connectivity index (χ3v) is 5.55. The Hall–Kier alpha value is -2.77. The van der Waals surface area contributed by atoms with Gasteiger partial charge in [-0.2, -0.15) is 0 Å². The first kappa shape index (κ1) is 25.8. The van der Waals surface area contributed by atoms with Gasteiger partial charge < -0.3 is 24.3 Å². The molecule has 0 saturated carbocycles. The highest BCUT2D eigenvalue weighted by Gasteiger charge is 2.22. The van der Waals surface area contributed by atoms with Crippen LogP contribution in [0.25, 0.3) is 0 Å². The lowest BCUT2D eigenvalue weighted by Gasteiger charge is -2.35. The van der Waals surface area contributed by atoms with Crippen molar-refractivity contribution in [2.45, 2.75) is 59.9 Å². The van der Waals surface area contributed by atoms with Crippen molar-refractivity contribution in [3.63, 3.8) is 0 Å². The molecule has 0 aliphatic carbocycles. The monoisotopic (exact) mass is 470 g/mol. The number of nitrogens with zero attached hydrogens (tertiary/aromatic N) is 1. The summed E-state index contributed by atoms with van der Waals surface area (Å²) in [6.07, 6.45) is 0.514. The molecule has 1 saturated heterocycles. The largest absolute Gasteiger partial charge is 0.490 e. The molecule has 1 aliphatic rings. The maximum Gasteiger partial charge on any atom is 0.251 e. The minimum atomic E-state index is -0.190. The second-order valence-corrected chi connectivity index (χ2v) is 8.55. The maximum atomic E-state index is 12.9. The van der Waals surface area contributed by atoms with Crippen LogP contribution in [0.1, 0.15) is 56.1 Å². The summed E-state index contributed by atoms with van der Waals surface area (Å²) in [7, 11) is 0. The minimum absolute atomic E-state index is 0.190. The summed E-state index contributed by atoms with van der Waals surface area (Å²) in [5.74, 6) is 1.36. The average Bonchev–Trinajstić information content (AvgIpc) is 2.80. The second-order valence-electron chi connectivity index (χ2n) is 8.55. The zero-order valence-electron chi connectivity index (χ0n) is 21.1. The predicted octanol–water partition coefficient (Wildman–Crippen LogP) is 4.42. The summed E-state index contributed by atoms with van der Waals surface area (Å²) >= 11 is 0. The molecule has 0 spiro atoms. The summed E-state index contributed by atoms with van der Waals surface area (Å²) in [6, 6.07) is 11.8. The highest BCUT2D eigenvalue weighted by atomic mass is 16.5. The quantitative estimate of drug-likeness (QED) is 0.524. The number of amides is 1. The number of carbonyl (C=O) groups excluding carboxylic acids is 1. The molecule has 186 valence electrons. The van der Waals surface area contributed by atoms with Gasteiger partial charge in [-0.25, -0.2) is 0 Å². The fraction of sp³-hybridized carbons (Fsp3) is 0.519. The normalized spacial score (nSPS) is 18.4. The van der Waals surface area contributed by atoms with Crippen molar-refractivity contribution in [2.75, 3.05) is 32.9 Å². The molecule has 2 atom stereocenters. The topological polar surface area (TPSA) is 69.3 Å². The lowest BCUT2D eigenvalue weighted by atomic mass is 10.1. The fourth-order valence-electron chi connectivity index (χ4n) is 4.24. The first-order valence-electron chi connectivity index (χ1n) is 12.2. The molecule has 3 rings (SSSR count). The number of hydrogen-bond acceptors (Lipinski definition) is 6. The third-order valence-electron chi connectivity index (χ3n) is 5.55. The SMILES string of the molecule is CCOc1cc(C(=O)NCc2ccc(CN3CC(C)OC(C)C3)cc2)cc(OCC)c1OCC. The van der Waals surface area contributed by atoms with Crippen molar-refractivity contribution in [3.8, 4) is 17.2 Å². The van der Waals surface area contributed by atoms with Crippen molar-refractivity contribution < 1.29 is 23.7 Å². The summed E-state index contributed by atoms with van der Waals surface area (Å²) in [5, 5.41) is 3.00. The van der Waals surface area contributed by atoms with Gasteiger partial charge in [-0.3, -0.25) is 9.69 Å². The Labute approximate surface area is 203 Å². The van der Waals surface area contributed by atoms with Crippen molar-refractivity contribution in [1.29, 1.82) is 0 Å². The molecule has 34 heavy (non-hydrogen) atoms. The average molecular weight is 471 g/mol. The third kappa shape index (κ3) is 7.11. The van der Waals surface area contributed by atoms with Crippen LogP contribution >= 0.6 is 0 Å². The Morgan fingerprint density at radius 3 is 1.97 bits per heavy atom. The van der Waals surface area contributed by atoms with Gasteiger partial charge in [0.15, 0.2) is 11.5 Å². The molecule has 1 amide bonds. The Kier molecular flexibility index (Phi) is 9.60. The molecule has 1 fully saturated rings. The van der Waals surface area contributed by atoms with E-state index in [0.29, 0.717) is 49.2 Å². The van der Waals surface area contributed by atoms with Crippen molar-refractivity contribution in [3.05, 3.63) is 53.1 Å². The molecule has 2 aromatic rings. The fourth-order valence-corrected chi connectivity index (χ4v) is 4.24. The van der Waals surface area contributed by atoms with Crippen LogP contribution < -0.4 is 19.5 Å². The Morgan fingerprint density at radius 1 is 0.912 bits per heavy atom. The van der Waals surface area contributed by atoms with E-state index in [1.807, 2.05) is 20.8 Å². The smallest absolute Gasteiger partial charge is 0.251 e. The van der Waals surface area contributed by atoms with Gasteiger partial charge in [0.2, 0.25) is 5.75 Å². The molecule has 7 heteroatoms. The maximum absolute atomic E-state index is 12.9. The van der Waals surface area contributed by atoms with Gasteiger partial charge in [-0.15, -0.1) is 0 Å². The van der Waals surface area contributed by atoms with Gasteiger partial charge in [-0.1, -0.05) is 24.3 Å². The van der Waals surface area contributed by atoms with Crippen LogP contribution in [0.3, 0.4) is 0 Å². The van der Waals surface area contributed by atoms with Crippen LogP contribution in [0.4, 0.5) is 0 Å². The van der Waals surface area contributed by atoms with Crippen LogP contribution in [0.15, 0.2) is 36.4 Å². The summed E-state index contributed by atoms with van der Waals surface area (Å²) in [4.78, 5) is 15.3. The molecular formula is C27H38N2O5. The van der Waals surface area contributed by atoms with Crippen LogP contribution in [0.2, 0.25) is 0 Å². The first-order valence-corrected chi connectivity index (χ1v) is 12.2. The Morgan fingerprint density at radius 2 is 1.44 bits per heavy atom. The van der Waals surface area contributed by atoms with E-state index in [1.54, 1.807) is 12.1 Å². The summed E-state index contributed by atoms with van der Waals surface area (Å²) in [6.45, 7) is 14.6. The molecule has 1 aliphatic heterocycles. The number of carbonyl (C=O) groups is 1. The minimum Gasteiger partial charge on any atom is -0.490 e. The first-order chi connectivity index (χ1) is 16.4. The second kappa shape index (κ2) is 12.6. The van der Waals surface area contributed by atoms with Crippen LogP contribution in [0, 0.1) is 0 Å². The lowest BCUT2D eigenvalue weighted by Crippen LogP contribution is -2.44. The van der Waals surface area contributed by atoms with E-state index in [-0.39, 0.29) is 18.1 Å². The molecular weight excluding hydrogens is 432 g/mol. The van der Waals surface area contributed by atoms with Crippen molar-refractivity contribution >= 4 is 5.91 Å². The van der Waals surface area contributed by atoms with Gasteiger partial charge in [-0.05, 0) is 57.9 Å². The van der Waals surface area contributed by atoms with E-state index >= 15 is 0 Å². The molecule has 2 unspecified atom stereocenters. The van der Waals surface area contributed by atoms with Gasteiger partial charge in [0, 0.05) is 31.7 Å². The molecule has 0 aromatic heterocycles. The number of ether oxygens (including phenoxy) is 4. The number of rotatable bonds is 11. The standard InChI is InChI=1S/C27H38N2O5/c1-6-31-24-13-23(14-25(32-7-2)26(24)33-8-3)27(30)28-15-21-9-11-22(12-10-21)18-29-16-19(4)34-20(5)17-29/h9-14,19-20H,6-8,15-18H2,1-5H3,(H,28,30). The summed E-state index contributed by atoms with van der Waals surface area (Å²) < 4.78 is 23.0. The van der Waals surface area contributed by atoms with Crippen molar-refractivity contribution in [2.24, 2.45) is 0 Å². The van der Waals surface area contributed by atoms with E-state index in [2.05, 4.69) is 48.3 Å². The van der Waals surface area contributed by atoms with Gasteiger partial charge in [0.25, 0.3) is 5.91 Å². The Balaban J connectivity index is 1.63. The van der Waals surface area contributed by atoms with E-state index in [9.17, 15) is 4.79 Å². The number of benzene rings is 2. The highest BCUT2D eigenvalue weighted by molar-refractivity contribution is 5.95. The van der Waals surface area contributed by atoms with Crippen LogP contribution in [0.5, 0.6) is 17.2 Å². The molecule has 2 aromatic carbocycles. The number of nitrogens with one attached hydrogen (secondary N) is 1. The summed E-state index contributed by atoms with van der Waals surface area (Å²) in [5.41, 5.74) is 2.77. The van der Waals surface area contributed by atoms with Crippen LogP contribution in [-0.4, -0.2) is 55.9 Å². The molecule has 1 heterocycles. The van der Waals surface area contributed by atoms with E-state index in [4.69, 9.17) is 18.9 Å². The van der Waals surface area contributed by atoms with Crippen LogP contribution in [-0.2, 0) is 17.8 Å². The van der Waals surface area contributed by atoms with Gasteiger partial charge in [0.05, 0.1) is 32.0 Å². The van der Waals surface area contributed by atoms with Gasteiger partial charge >= 0.3 is 0 Å². The predicted molar refractivity (Wildman–Crippen MR) is 133 cm³/mol. The molecule has 7 nitrogen and oxygen atoms in total. The van der Waals surface area contributed by atoms with Crippen molar-refractivity contribution in [1.82, 2.24) is 10.2 Å². The number of morpholine rings is 1. The van der Waals surface area contributed by atoms with E-state index < -0.39 is 0 Å². The number of hydrogen-bond donors (Lipinski definition) is 1. The molecule has 0 radical (unpaired) electrons. The highest BCUT2D eigenvalue weighted by Crippen LogP contribution is 2.39. The van der Waals surface area contributed by atoms with E-state index in [0.717, 1.165) is 25.2 Å². The van der Waals surface area contributed by atoms with Gasteiger partial charge in [0.1, 0.15) is 0 Å². The molecule has 0 bridgehead atoms. The zero-order chi connectivity index (χ0) is 24.5.